The third kappa shape index (κ3) is 2.90. The van der Waals surface area contributed by atoms with E-state index in [1.807, 2.05) is 7.05 Å². The summed E-state index contributed by atoms with van der Waals surface area (Å²) in [5.74, 6) is -0.383. The Morgan fingerprint density at radius 3 is 2.82 bits per heavy atom. The lowest BCUT2D eigenvalue weighted by Crippen LogP contribution is -2.51. The van der Waals surface area contributed by atoms with Gasteiger partial charge < -0.3 is 5.32 Å². The quantitative estimate of drug-likeness (QED) is 0.807. The third-order valence-electron chi connectivity index (χ3n) is 3.29. The van der Waals surface area contributed by atoms with Gasteiger partial charge in [-0.15, -0.1) is 0 Å². The molecule has 1 aromatic carbocycles. The Hall–Kier alpha value is -0.800. The van der Waals surface area contributed by atoms with Crippen LogP contribution in [0.1, 0.15) is 25.7 Å². The van der Waals surface area contributed by atoms with Gasteiger partial charge in [0, 0.05) is 5.69 Å². The van der Waals surface area contributed by atoms with E-state index in [0.717, 1.165) is 31.4 Å². The molecule has 1 radical (unpaired) electrons. The molecule has 0 spiro atoms. The van der Waals surface area contributed by atoms with Crippen molar-refractivity contribution >= 4 is 17.3 Å². The first-order valence-electron chi connectivity index (χ1n) is 5.89. The Kier molecular flexibility index (Phi) is 3.89. The predicted octanol–water partition coefficient (Wildman–Crippen LogP) is 3.58. The summed E-state index contributed by atoms with van der Waals surface area (Å²) in [5, 5.41) is 6.89. The van der Waals surface area contributed by atoms with E-state index in [1.54, 1.807) is 12.1 Å². The van der Waals surface area contributed by atoms with E-state index >= 15 is 0 Å². The summed E-state index contributed by atoms with van der Waals surface area (Å²) in [6, 6.07) is 4.74. The maximum absolute atomic E-state index is 13.1. The minimum absolute atomic E-state index is 0.126. The van der Waals surface area contributed by atoms with Crippen molar-refractivity contribution in [1.82, 2.24) is 5.32 Å². The first-order valence-corrected chi connectivity index (χ1v) is 6.27. The van der Waals surface area contributed by atoms with E-state index < -0.39 is 0 Å². The lowest BCUT2D eigenvalue weighted by Gasteiger charge is -2.38. The molecule has 1 aliphatic carbocycles. The van der Waals surface area contributed by atoms with Crippen molar-refractivity contribution in [3.63, 3.8) is 0 Å². The van der Waals surface area contributed by atoms with Gasteiger partial charge in [0.25, 0.3) is 0 Å². The maximum Gasteiger partial charge on any atom is 0.141 e. The topological polar surface area (TPSA) is 24.1 Å². The van der Waals surface area contributed by atoms with Gasteiger partial charge in [0.1, 0.15) is 5.82 Å². The van der Waals surface area contributed by atoms with Crippen LogP contribution in [0.5, 0.6) is 0 Å². The molecule has 2 N–H and O–H groups in total. The second kappa shape index (κ2) is 5.23. The molecule has 2 nitrogen and oxygen atoms in total. The summed E-state index contributed by atoms with van der Waals surface area (Å²) in [5.41, 5.74) is 0.723. The van der Waals surface area contributed by atoms with Crippen LogP contribution in [-0.4, -0.2) is 12.7 Å². The molecule has 93 valence electrons. The fraction of sp³-hybridized carbons (Fsp3) is 0.462. The maximum atomic E-state index is 13.1. The summed E-state index contributed by atoms with van der Waals surface area (Å²) in [6.07, 6.45) is 6.60. The molecule has 0 saturated heterocycles. The van der Waals surface area contributed by atoms with Crippen molar-refractivity contribution in [1.29, 1.82) is 0 Å². The van der Waals surface area contributed by atoms with Gasteiger partial charge in [0.05, 0.1) is 10.7 Å². The minimum atomic E-state index is -0.383. The van der Waals surface area contributed by atoms with E-state index in [1.165, 1.54) is 6.07 Å². The van der Waals surface area contributed by atoms with E-state index in [4.69, 9.17) is 11.6 Å². The summed E-state index contributed by atoms with van der Waals surface area (Å²) >= 11 is 5.78. The van der Waals surface area contributed by atoms with Gasteiger partial charge in [0.15, 0.2) is 0 Å². The summed E-state index contributed by atoms with van der Waals surface area (Å²) < 4.78 is 13.1. The average Bonchev–Trinajstić information content (AvgIpc) is 2.35. The first kappa shape index (κ1) is 12.7. The lowest BCUT2D eigenvalue weighted by molar-refractivity contribution is 0.322. The molecule has 1 saturated carbocycles. The summed E-state index contributed by atoms with van der Waals surface area (Å²) in [4.78, 5) is 0. The number of rotatable bonds is 3. The van der Waals surface area contributed by atoms with Gasteiger partial charge in [-0.05, 0) is 57.4 Å². The molecule has 17 heavy (non-hydrogen) atoms. The molecule has 1 atom stereocenters. The van der Waals surface area contributed by atoms with Gasteiger partial charge in [-0.1, -0.05) is 11.6 Å². The molecular formula is C13H17ClFN2. The van der Waals surface area contributed by atoms with E-state index in [0.29, 0.717) is 0 Å². The van der Waals surface area contributed by atoms with Crippen molar-refractivity contribution < 1.29 is 4.39 Å². The molecule has 1 aliphatic rings. The number of anilines is 1. The van der Waals surface area contributed by atoms with Crippen LogP contribution >= 0.6 is 11.6 Å². The Labute approximate surface area is 107 Å². The van der Waals surface area contributed by atoms with Gasteiger partial charge in [0.2, 0.25) is 0 Å². The van der Waals surface area contributed by atoms with Gasteiger partial charge in [-0.3, -0.25) is 5.32 Å². The minimum Gasteiger partial charge on any atom is -0.367 e. The molecule has 0 heterocycles. The van der Waals surface area contributed by atoms with Crippen molar-refractivity contribution in [2.45, 2.75) is 31.3 Å². The molecule has 2 rings (SSSR count). The molecular weight excluding hydrogens is 239 g/mol. The predicted molar refractivity (Wildman–Crippen MR) is 69.6 cm³/mol. The molecule has 0 amide bonds. The van der Waals surface area contributed by atoms with E-state index in [-0.39, 0.29) is 16.5 Å². The highest BCUT2D eigenvalue weighted by atomic mass is 35.5. The zero-order valence-corrected chi connectivity index (χ0v) is 10.6. The number of nitrogens with one attached hydrogen (secondary N) is 2. The normalized spacial score (nSPS) is 19.0. The highest BCUT2D eigenvalue weighted by molar-refractivity contribution is 6.31. The van der Waals surface area contributed by atoms with Crippen molar-refractivity contribution in [3.05, 3.63) is 35.5 Å². The SMILES string of the molecule is CNC1(Nc2ccc(F)c(Cl)c2)C[CH]CCC1. The summed E-state index contributed by atoms with van der Waals surface area (Å²) in [6.45, 7) is 0. The van der Waals surface area contributed by atoms with Gasteiger partial charge in [-0.25, -0.2) is 4.39 Å². The Balaban J connectivity index is 2.14. The number of halogens is 2. The fourth-order valence-electron chi connectivity index (χ4n) is 2.25. The monoisotopic (exact) mass is 255 g/mol. The molecule has 0 aromatic heterocycles. The Morgan fingerprint density at radius 1 is 1.41 bits per heavy atom. The zero-order chi connectivity index (χ0) is 12.3. The molecule has 0 bridgehead atoms. The number of hydrogen-bond donors (Lipinski definition) is 2. The van der Waals surface area contributed by atoms with Crippen LogP contribution in [0.4, 0.5) is 10.1 Å². The number of benzene rings is 1. The van der Waals surface area contributed by atoms with E-state index in [9.17, 15) is 4.39 Å². The highest BCUT2D eigenvalue weighted by Gasteiger charge is 2.30. The second-order valence-corrected chi connectivity index (χ2v) is 4.88. The smallest absolute Gasteiger partial charge is 0.141 e. The Bertz CT molecular complexity index is 389. The van der Waals surface area contributed by atoms with Crippen molar-refractivity contribution in [3.8, 4) is 0 Å². The lowest BCUT2D eigenvalue weighted by atomic mass is 9.89. The van der Waals surface area contributed by atoms with Crippen LogP contribution in [0.3, 0.4) is 0 Å². The first-order chi connectivity index (χ1) is 8.15. The van der Waals surface area contributed by atoms with Gasteiger partial charge in [-0.2, -0.15) is 0 Å². The van der Waals surface area contributed by atoms with Gasteiger partial charge >= 0.3 is 0 Å². The van der Waals surface area contributed by atoms with Crippen LogP contribution in [0.15, 0.2) is 18.2 Å². The summed E-state index contributed by atoms with van der Waals surface area (Å²) in [7, 11) is 1.94. The van der Waals surface area contributed by atoms with Crippen LogP contribution in [0, 0.1) is 12.2 Å². The standard InChI is InChI=1S/C13H17ClFN2/c1-16-13(7-3-2-4-8-13)17-10-5-6-12(15)11(14)9-10/h3,5-6,9,16-17H,2,4,7-8H2,1H3. The average molecular weight is 256 g/mol. The fourth-order valence-corrected chi connectivity index (χ4v) is 2.43. The van der Waals surface area contributed by atoms with Crippen LogP contribution < -0.4 is 10.6 Å². The highest BCUT2D eigenvalue weighted by Crippen LogP contribution is 2.30. The third-order valence-corrected chi connectivity index (χ3v) is 3.58. The molecule has 1 unspecified atom stereocenters. The zero-order valence-electron chi connectivity index (χ0n) is 9.89. The van der Waals surface area contributed by atoms with Crippen LogP contribution in [0.2, 0.25) is 5.02 Å². The van der Waals surface area contributed by atoms with Crippen LogP contribution in [0.25, 0.3) is 0 Å². The van der Waals surface area contributed by atoms with Crippen molar-refractivity contribution in [2.24, 2.45) is 0 Å². The van der Waals surface area contributed by atoms with E-state index in [2.05, 4.69) is 17.1 Å². The van der Waals surface area contributed by atoms with Crippen molar-refractivity contribution in [2.75, 3.05) is 12.4 Å². The second-order valence-electron chi connectivity index (χ2n) is 4.47. The molecule has 4 heteroatoms. The molecule has 1 fully saturated rings. The molecule has 1 aromatic rings. The van der Waals surface area contributed by atoms with Crippen LogP contribution in [-0.2, 0) is 0 Å². The number of hydrogen-bond acceptors (Lipinski definition) is 2. The molecule has 0 aliphatic heterocycles. The largest absolute Gasteiger partial charge is 0.367 e. The Morgan fingerprint density at radius 2 is 2.24 bits per heavy atom.